The van der Waals surface area contributed by atoms with E-state index in [1.165, 1.54) is 12.1 Å². The number of para-hydroxylation sites is 2. The van der Waals surface area contributed by atoms with Crippen LogP contribution in [0.1, 0.15) is 0 Å². The van der Waals surface area contributed by atoms with E-state index in [-0.39, 0.29) is 21.6 Å². The first-order valence-electron chi connectivity index (χ1n) is 5.03. The van der Waals surface area contributed by atoms with Crippen LogP contribution in [0, 0.1) is 0 Å². The van der Waals surface area contributed by atoms with Crippen molar-refractivity contribution in [2.45, 2.75) is 4.90 Å². The Morgan fingerprint density at radius 2 is 1.94 bits per heavy atom. The minimum Gasteiger partial charge on any atom is -0.377 e. The maximum atomic E-state index is 12.0. The van der Waals surface area contributed by atoms with E-state index < -0.39 is 10.1 Å². The number of nitrogens with zero attached hydrogens (tertiary/aromatic N) is 1. The van der Waals surface area contributed by atoms with Crippen molar-refractivity contribution in [3.05, 3.63) is 41.6 Å². The van der Waals surface area contributed by atoms with Gasteiger partial charge in [0.15, 0.2) is 11.6 Å². The number of benzene rings is 1. The normalized spacial score (nSPS) is 15.6. The minimum atomic E-state index is -3.89. The lowest BCUT2D eigenvalue weighted by Gasteiger charge is -2.05. The molecule has 0 saturated carbocycles. The van der Waals surface area contributed by atoms with Gasteiger partial charge in [-0.15, -0.1) is 0 Å². The molecular formula is C11H7ClN2O3S. The molecule has 7 heteroatoms. The molecule has 0 bridgehead atoms. The van der Waals surface area contributed by atoms with Gasteiger partial charge in [-0.05, 0) is 24.3 Å². The van der Waals surface area contributed by atoms with Gasteiger partial charge in [0.1, 0.15) is 10.0 Å². The van der Waals surface area contributed by atoms with Crippen molar-refractivity contribution in [3.8, 4) is 5.75 Å². The second kappa shape index (κ2) is 3.86. The molecule has 1 N–H and O–H groups in total. The van der Waals surface area contributed by atoms with Gasteiger partial charge in [-0.1, -0.05) is 23.7 Å². The SMILES string of the molecule is O=S1(=O)Oc2ccccc2Nc2nc(Cl)ccc21. The number of rotatable bonds is 0. The van der Waals surface area contributed by atoms with E-state index >= 15 is 0 Å². The summed E-state index contributed by atoms with van der Waals surface area (Å²) in [6.45, 7) is 0. The number of anilines is 2. The van der Waals surface area contributed by atoms with E-state index in [0.29, 0.717) is 5.69 Å². The molecule has 3 rings (SSSR count). The number of nitrogens with one attached hydrogen (secondary N) is 1. The smallest absolute Gasteiger partial charge is 0.343 e. The monoisotopic (exact) mass is 282 g/mol. The summed E-state index contributed by atoms with van der Waals surface area (Å²) in [5.41, 5.74) is 0.523. The molecule has 92 valence electrons. The zero-order valence-electron chi connectivity index (χ0n) is 8.92. The molecule has 0 amide bonds. The van der Waals surface area contributed by atoms with Crippen molar-refractivity contribution in [3.63, 3.8) is 0 Å². The summed E-state index contributed by atoms with van der Waals surface area (Å²) < 4.78 is 29.1. The largest absolute Gasteiger partial charge is 0.377 e. The molecule has 1 aliphatic heterocycles. The van der Waals surface area contributed by atoms with Crippen molar-refractivity contribution in [1.29, 1.82) is 0 Å². The summed E-state index contributed by atoms with van der Waals surface area (Å²) >= 11 is 5.76. The highest BCUT2D eigenvalue weighted by Gasteiger charge is 2.27. The summed E-state index contributed by atoms with van der Waals surface area (Å²) in [7, 11) is -3.89. The van der Waals surface area contributed by atoms with Gasteiger partial charge >= 0.3 is 10.1 Å². The van der Waals surface area contributed by atoms with E-state index in [9.17, 15) is 8.42 Å². The van der Waals surface area contributed by atoms with E-state index in [1.807, 2.05) is 0 Å². The number of fused-ring (bicyclic) bond motifs is 2. The fraction of sp³-hybridized carbons (Fsp3) is 0. The number of hydrogen-bond acceptors (Lipinski definition) is 5. The van der Waals surface area contributed by atoms with Gasteiger partial charge in [0.2, 0.25) is 0 Å². The molecule has 5 nitrogen and oxygen atoms in total. The van der Waals surface area contributed by atoms with E-state index in [4.69, 9.17) is 15.8 Å². The number of aromatic nitrogens is 1. The first-order chi connectivity index (χ1) is 8.56. The first kappa shape index (κ1) is 11.3. The quantitative estimate of drug-likeness (QED) is 0.594. The number of hydrogen-bond donors (Lipinski definition) is 1. The van der Waals surface area contributed by atoms with Gasteiger partial charge in [0, 0.05) is 0 Å². The van der Waals surface area contributed by atoms with Crippen LogP contribution in [-0.4, -0.2) is 13.4 Å². The van der Waals surface area contributed by atoms with Crippen molar-refractivity contribution in [2.24, 2.45) is 0 Å². The average Bonchev–Trinajstić information content (AvgIpc) is 2.41. The highest BCUT2D eigenvalue weighted by atomic mass is 35.5. The Labute approximate surface area is 109 Å². The summed E-state index contributed by atoms with van der Waals surface area (Å²) in [6, 6.07) is 9.47. The third-order valence-corrected chi connectivity index (χ3v) is 3.91. The highest BCUT2D eigenvalue weighted by molar-refractivity contribution is 7.87. The fourth-order valence-electron chi connectivity index (χ4n) is 1.65. The van der Waals surface area contributed by atoms with Crippen molar-refractivity contribution in [1.82, 2.24) is 4.98 Å². The summed E-state index contributed by atoms with van der Waals surface area (Å²) in [5, 5.41) is 3.10. The van der Waals surface area contributed by atoms with Gasteiger partial charge in [-0.3, -0.25) is 0 Å². The summed E-state index contributed by atoms with van der Waals surface area (Å²) in [5.74, 6) is 0.388. The summed E-state index contributed by atoms with van der Waals surface area (Å²) in [4.78, 5) is 3.92. The van der Waals surface area contributed by atoms with E-state index in [2.05, 4.69) is 10.3 Å². The standard InChI is InChI=1S/C11H7ClN2O3S/c12-10-6-5-9-11(14-10)13-7-3-1-2-4-8(7)17-18(9,15)16/h1-6H,(H,13,14). The molecule has 0 fully saturated rings. The summed E-state index contributed by atoms with van der Waals surface area (Å²) in [6.07, 6.45) is 0. The van der Waals surface area contributed by atoms with E-state index in [0.717, 1.165) is 0 Å². The van der Waals surface area contributed by atoms with Crippen LogP contribution < -0.4 is 9.50 Å². The lowest BCUT2D eigenvalue weighted by molar-refractivity contribution is 0.489. The Kier molecular flexibility index (Phi) is 2.42. The maximum absolute atomic E-state index is 12.0. The molecule has 0 atom stereocenters. The molecule has 18 heavy (non-hydrogen) atoms. The van der Waals surface area contributed by atoms with Gasteiger partial charge in [-0.2, -0.15) is 8.42 Å². The van der Waals surface area contributed by atoms with Crippen LogP contribution in [0.4, 0.5) is 11.5 Å². The average molecular weight is 283 g/mol. The molecule has 0 saturated heterocycles. The molecule has 1 aliphatic rings. The second-order valence-electron chi connectivity index (χ2n) is 3.64. The molecule has 0 aliphatic carbocycles. The van der Waals surface area contributed by atoms with Crippen LogP contribution in [0.2, 0.25) is 5.15 Å². The Morgan fingerprint density at radius 1 is 1.17 bits per heavy atom. The Morgan fingerprint density at radius 3 is 2.78 bits per heavy atom. The molecule has 0 radical (unpaired) electrons. The first-order valence-corrected chi connectivity index (χ1v) is 6.82. The van der Waals surface area contributed by atoms with Crippen LogP contribution in [-0.2, 0) is 10.1 Å². The zero-order valence-corrected chi connectivity index (χ0v) is 10.5. The molecule has 2 heterocycles. The van der Waals surface area contributed by atoms with Crippen LogP contribution in [0.25, 0.3) is 0 Å². The van der Waals surface area contributed by atoms with Crippen LogP contribution in [0.5, 0.6) is 5.75 Å². The topological polar surface area (TPSA) is 68.3 Å². The third kappa shape index (κ3) is 1.79. The zero-order chi connectivity index (χ0) is 12.8. The highest BCUT2D eigenvalue weighted by Crippen LogP contribution is 2.36. The Balaban J connectivity index is 2.28. The molecule has 2 aromatic rings. The van der Waals surface area contributed by atoms with Crippen LogP contribution in [0.3, 0.4) is 0 Å². The number of halogens is 1. The van der Waals surface area contributed by atoms with Crippen molar-refractivity contribution >= 4 is 33.2 Å². The molecule has 0 unspecified atom stereocenters. The van der Waals surface area contributed by atoms with Crippen molar-refractivity contribution < 1.29 is 12.6 Å². The third-order valence-electron chi connectivity index (χ3n) is 2.43. The molecule has 1 aromatic heterocycles. The van der Waals surface area contributed by atoms with Gasteiger partial charge in [0.25, 0.3) is 0 Å². The van der Waals surface area contributed by atoms with Gasteiger partial charge in [-0.25, -0.2) is 4.98 Å². The van der Waals surface area contributed by atoms with E-state index in [1.54, 1.807) is 24.3 Å². The lowest BCUT2D eigenvalue weighted by Crippen LogP contribution is -2.09. The van der Waals surface area contributed by atoms with Crippen LogP contribution >= 0.6 is 11.6 Å². The Bertz CT molecular complexity index is 731. The minimum absolute atomic E-state index is 0.0388. The fourth-order valence-corrected chi connectivity index (χ4v) is 2.83. The molecule has 0 spiro atoms. The lowest BCUT2D eigenvalue weighted by atomic mass is 10.3. The molecular weight excluding hydrogens is 276 g/mol. The predicted octanol–water partition coefficient (Wildman–Crippen LogP) is 2.56. The molecule has 1 aromatic carbocycles. The van der Waals surface area contributed by atoms with Gasteiger partial charge in [0.05, 0.1) is 5.69 Å². The maximum Gasteiger partial charge on any atom is 0.343 e. The predicted molar refractivity (Wildman–Crippen MR) is 66.8 cm³/mol. The van der Waals surface area contributed by atoms with Crippen LogP contribution in [0.15, 0.2) is 41.3 Å². The Hall–Kier alpha value is -1.79. The second-order valence-corrected chi connectivity index (χ2v) is 5.54. The van der Waals surface area contributed by atoms with Crippen molar-refractivity contribution in [2.75, 3.05) is 5.32 Å². The van der Waals surface area contributed by atoms with Gasteiger partial charge < -0.3 is 9.50 Å². The number of pyridine rings is 1.